The molecule has 0 saturated carbocycles. The quantitative estimate of drug-likeness (QED) is 0.400. The molecular formula is C21H16ClFN4O3S. The molecule has 7 nitrogen and oxygen atoms in total. The molecular weight excluding hydrogens is 443 g/mol. The Morgan fingerprint density at radius 2 is 1.97 bits per heavy atom. The molecule has 0 spiro atoms. The molecule has 0 bridgehead atoms. The van der Waals surface area contributed by atoms with Crippen LogP contribution in [0.3, 0.4) is 0 Å². The van der Waals surface area contributed by atoms with Crippen LogP contribution in [0.5, 0.6) is 5.75 Å². The zero-order chi connectivity index (χ0) is 22.0. The molecule has 2 aromatic heterocycles. The Labute approximate surface area is 185 Å². The van der Waals surface area contributed by atoms with Crippen LogP contribution in [-0.2, 0) is 4.79 Å². The molecule has 4 rings (SSSR count). The zero-order valence-corrected chi connectivity index (χ0v) is 17.8. The number of rotatable bonds is 7. The lowest BCUT2D eigenvalue weighted by molar-refractivity contribution is -0.116. The van der Waals surface area contributed by atoms with Gasteiger partial charge in [0.05, 0.1) is 18.4 Å². The number of amides is 1. The van der Waals surface area contributed by atoms with Crippen LogP contribution in [0.4, 0.5) is 10.3 Å². The van der Waals surface area contributed by atoms with Crippen molar-refractivity contribution in [2.24, 2.45) is 0 Å². The summed E-state index contributed by atoms with van der Waals surface area (Å²) >= 11 is 7.30. The molecule has 4 aromatic rings. The van der Waals surface area contributed by atoms with Gasteiger partial charge in [-0.25, -0.2) is 8.91 Å². The molecule has 158 valence electrons. The highest BCUT2D eigenvalue weighted by Crippen LogP contribution is 2.27. The van der Waals surface area contributed by atoms with Gasteiger partial charge < -0.3 is 4.74 Å². The molecule has 1 amide bonds. The number of hydrogen-bond acceptors (Lipinski definition) is 6. The number of fused-ring (bicyclic) bond motifs is 1. The number of thiazole rings is 1. The molecule has 0 aliphatic carbocycles. The zero-order valence-electron chi connectivity index (χ0n) is 16.3. The average Bonchev–Trinajstić information content (AvgIpc) is 3.33. The van der Waals surface area contributed by atoms with Gasteiger partial charge in [0.1, 0.15) is 11.6 Å². The third-order valence-electron chi connectivity index (χ3n) is 4.51. The van der Waals surface area contributed by atoms with Crippen LogP contribution in [0.1, 0.15) is 23.2 Å². The summed E-state index contributed by atoms with van der Waals surface area (Å²) in [5.74, 6) is -0.443. The fourth-order valence-corrected chi connectivity index (χ4v) is 4.00. The van der Waals surface area contributed by atoms with Crippen molar-refractivity contribution < 1.29 is 18.7 Å². The second kappa shape index (κ2) is 8.83. The summed E-state index contributed by atoms with van der Waals surface area (Å²) in [5, 5.41) is 9.17. The van der Waals surface area contributed by atoms with E-state index in [0.29, 0.717) is 21.3 Å². The summed E-state index contributed by atoms with van der Waals surface area (Å²) in [6.07, 6.45) is -0.0717. The van der Waals surface area contributed by atoms with Crippen LogP contribution in [0.2, 0.25) is 5.02 Å². The van der Waals surface area contributed by atoms with E-state index < -0.39 is 5.91 Å². The summed E-state index contributed by atoms with van der Waals surface area (Å²) in [5.41, 5.74) is 1.83. The van der Waals surface area contributed by atoms with Crippen LogP contribution in [0, 0.1) is 5.82 Å². The highest BCUT2D eigenvalue weighted by Gasteiger charge is 2.17. The summed E-state index contributed by atoms with van der Waals surface area (Å²) < 4.78 is 19.9. The van der Waals surface area contributed by atoms with Crippen molar-refractivity contribution in [3.05, 3.63) is 64.2 Å². The van der Waals surface area contributed by atoms with Gasteiger partial charge in [-0.05, 0) is 42.5 Å². The largest absolute Gasteiger partial charge is 0.496 e. The lowest BCUT2D eigenvalue weighted by Gasteiger charge is -2.08. The molecule has 2 aromatic carbocycles. The highest BCUT2D eigenvalue weighted by atomic mass is 35.5. The fraction of sp³-hybridized carbons (Fsp3) is 0.143. The number of hydrogen-bond donors (Lipinski definition) is 1. The van der Waals surface area contributed by atoms with Gasteiger partial charge in [-0.15, -0.1) is 16.4 Å². The van der Waals surface area contributed by atoms with E-state index in [4.69, 9.17) is 16.3 Å². The molecule has 0 aliphatic rings. The Kier molecular flexibility index (Phi) is 5.97. The van der Waals surface area contributed by atoms with E-state index in [9.17, 15) is 14.0 Å². The van der Waals surface area contributed by atoms with Gasteiger partial charge in [0.25, 0.3) is 0 Å². The van der Waals surface area contributed by atoms with Gasteiger partial charge >= 0.3 is 0 Å². The van der Waals surface area contributed by atoms with Crippen molar-refractivity contribution >= 4 is 45.5 Å². The average molecular weight is 459 g/mol. The standard InChI is InChI=1S/C21H16ClFN4O3S/c1-30-18-8-4-13(22)10-15(18)17(28)7-9-19(29)24-20-25-21-27(26-20)16(11-31-21)12-2-5-14(23)6-3-12/h2-6,8,10-11H,7,9H2,1H3,(H,24,26,29). The number of aromatic nitrogens is 3. The predicted molar refractivity (Wildman–Crippen MR) is 116 cm³/mol. The number of benzene rings is 2. The number of ether oxygens (including phenoxy) is 1. The molecule has 1 N–H and O–H groups in total. The maximum Gasteiger partial charge on any atom is 0.250 e. The third-order valence-corrected chi connectivity index (χ3v) is 5.57. The maximum absolute atomic E-state index is 13.2. The van der Waals surface area contributed by atoms with Crippen molar-refractivity contribution in [2.45, 2.75) is 12.8 Å². The van der Waals surface area contributed by atoms with Gasteiger partial charge in [-0.1, -0.05) is 11.6 Å². The first-order valence-corrected chi connectivity index (χ1v) is 10.5. The molecule has 0 fully saturated rings. The van der Waals surface area contributed by atoms with E-state index in [0.717, 1.165) is 11.3 Å². The number of halogens is 2. The van der Waals surface area contributed by atoms with E-state index >= 15 is 0 Å². The highest BCUT2D eigenvalue weighted by molar-refractivity contribution is 7.15. The lowest BCUT2D eigenvalue weighted by atomic mass is 10.1. The Morgan fingerprint density at radius 3 is 2.71 bits per heavy atom. The van der Waals surface area contributed by atoms with Crippen molar-refractivity contribution in [3.8, 4) is 17.0 Å². The first-order chi connectivity index (χ1) is 14.9. The SMILES string of the molecule is COc1ccc(Cl)cc1C(=O)CCC(=O)Nc1nc2scc(-c3ccc(F)cc3)n2n1. The number of anilines is 1. The number of carbonyl (C=O) groups is 2. The minimum atomic E-state index is -0.393. The number of carbonyl (C=O) groups excluding carboxylic acids is 2. The minimum Gasteiger partial charge on any atom is -0.496 e. The normalized spacial score (nSPS) is 10.9. The van der Waals surface area contributed by atoms with Crippen LogP contribution in [-0.4, -0.2) is 33.4 Å². The Balaban J connectivity index is 1.43. The predicted octanol–water partition coefficient (Wildman–Crippen LogP) is 4.86. The van der Waals surface area contributed by atoms with Gasteiger partial charge in [0.2, 0.25) is 16.8 Å². The lowest BCUT2D eigenvalue weighted by Crippen LogP contribution is -2.15. The monoisotopic (exact) mass is 458 g/mol. The summed E-state index contributed by atoms with van der Waals surface area (Å²) in [7, 11) is 1.46. The van der Waals surface area contributed by atoms with E-state index in [1.807, 2.05) is 5.38 Å². The summed E-state index contributed by atoms with van der Waals surface area (Å²) in [6, 6.07) is 10.8. The van der Waals surface area contributed by atoms with E-state index in [1.165, 1.54) is 36.6 Å². The Hall–Kier alpha value is -3.30. The molecule has 0 unspecified atom stereocenters. The summed E-state index contributed by atoms with van der Waals surface area (Å²) in [4.78, 5) is 29.7. The maximum atomic E-state index is 13.2. The van der Waals surface area contributed by atoms with Crippen molar-refractivity contribution in [1.29, 1.82) is 0 Å². The Morgan fingerprint density at radius 1 is 1.19 bits per heavy atom. The minimum absolute atomic E-state index is 0.0222. The third kappa shape index (κ3) is 4.57. The molecule has 31 heavy (non-hydrogen) atoms. The van der Waals surface area contributed by atoms with Crippen LogP contribution in [0.25, 0.3) is 16.2 Å². The second-order valence-electron chi connectivity index (χ2n) is 6.57. The number of nitrogens with one attached hydrogen (secondary N) is 1. The number of methoxy groups -OCH3 is 1. The second-order valence-corrected chi connectivity index (χ2v) is 7.85. The topological polar surface area (TPSA) is 85.6 Å². The molecule has 0 aliphatic heterocycles. The van der Waals surface area contributed by atoms with E-state index in [1.54, 1.807) is 28.8 Å². The molecule has 10 heteroatoms. The molecule has 0 radical (unpaired) electrons. The van der Waals surface area contributed by atoms with Gasteiger partial charge in [0.15, 0.2) is 5.78 Å². The molecule has 0 atom stereocenters. The first kappa shape index (κ1) is 21.0. The van der Waals surface area contributed by atoms with Gasteiger partial charge in [-0.2, -0.15) is 4.98 Å². The first-order valence-electron chi connectivity index (χ1n) is 9.21. The Bertz CT molecular complexity index is 1270. The fourth-order valence-electron chi connectivity index (χ4n) is 3.00. The van der Waals surface area contributed by atoms with Gasteiger partial charge in [-0.3, -0.25) is 14.9 Å². The number of ketones is 1. The molecule has 0 saturated heterocycles. The van der Waals surface area contributed by atoms with E-state index in [-0.39, 0.29) is 30.4 Å². The molecule has 2 heterocycles. The number of nitrogens with zero attached hydrogens (tertiary/aromatic N) is 3. The van der Waals surface area contributed by atoms with Gasteiger partial charge in [0, 0.05) is 28.8 Å². The van der Waals surface area contributed by atoms with Crippen LogP contribution < -0.4 is 10.1 Å². The van der Waals surface area contributed by atoms with Crippen LogP contribution >= 0.6 is 22.9 Å². The number of Topliss-reactive ketones (excluding diaryl/α,β-unsaturated/α-hetero) is 1. The van der Waals surface area contributed by atoms with Crippen molar-refractivity contribution in [3.63, 3.8) is 0 Å². The van der Waals surface area contributed by atoms with Crippen LogP contribution in [0.15, 0.2) is 47.8 Å². The smallest absolute Gasteiger partial charge is 0.250 e. The van der Waals surface area contributed by atoms with Crippen molar-refractivity contribution in [1.82, 2.24) is 14.6 Å². The van der Waals surface area contributed by atoms with Crippen molar-refractivity contribution in [2.75, 3.05) is 12.4 Å². The summed E-state index contributed by atoms with van der Waals surface area (Å²) in [6.45, 7) is 0. The van der Waals surface area contributed by atoms with E-state index in [2.05, 4.69) is 15.4 Å².